The summed E-state index contributed by atoms with van der Waals surface area (Å²) < 4.78 is 0. The molecule has 0 aromatic heterocycles. The monoisotopic (exact) mass is 237 g/mol. The molecule has 3 fully saturated rings. The highest BCUT2D eigenvalue weighted by Gasteiger charge is 2.40. The van der Waals surface area contributed by atoms with Gasteiger partial charge in [0.15, 0.2) is 0 Å². The topological polar surface area (TPSA) is 18.5 Å². The summed E-state index contributed by atoms with van der Waals surface area (Å²) in [4.78, 5) is 5.26. The van der Waals surface area contributed by atoms with E-state index in [-0.39, 0.29) is 0 Å². The number of rotatable bonds is 3. The Bertz CT molecular complexity index is 268. The number of fused-ring (bicyclic) bond motifs is 2. The lowest BCUT2D eigenvalue weighted by atomic mass is 9.88. The zero-order chi connectivity index (χ0) is 11.8. The molecular weight excluding hydrogens is 210 g/mol. The van der Waals surface area contributed by atoms with Gasteiger partial charge in [0.25, 0.3) is 0 Å². The highest BCUT2D eigenvalue weighted by molar-refractivity contribution is 4.98. The number of hydrogen-bond acceptors (Lipinski definition) is 3. The molecule has 0 aliphatic carbocycles. The van der Waals surface area contributed by atoms with Crippen LogP contribution in [0, 0.1) is 5.92 Å². The predicted octanol–water partition coefficient (Wildman–Crippen LogP) is 1.15. The van der Waals surface area contributed by atoms with E-state index in [0.29, 0.717) is 0 Å². The first-order valence-corrected chi connectivity index (χ1v) is 7.45. The van der Waals surface area contributed by atoms with Gasteiger partial charge in [-0.3, -0.25) is 0 Å². The molecule has 17 heavy (non-hydrogen) atoms. The molecule has 3 nitrogen and oxygen atoms in total. The summed E-state index contributed by atoms with van der Waals surface area (Å²) in [5.41, 5.74) is 0. The first-order chi connectivity index (χ1) is 8.26. The summed E-state index contributed by atoms with van der Waals surface area (Å²) in [6, 6.07) is 2.49. The summed E-state index contributed by atoms with van der Waals surface area (Å²) in [7, 11) is 2.28. The van der Waals surface area contributed by atoms with Crippen LogP contribution in [0.1, 0.15) is 32.6 Å². The van der Waals surface area contributed by atoms with E-state index in [1.54, 1.807) is 0 Å². The van der Waals surface area contributed by atoms with Crippen molar-refractivity contribution < 1.29 is 0 Å². The van der Waals surface area contributed by atoms with Gasteiger partial charge >= 0.3 is 0 Å². The minimum atomic E-state index is 0.787. The predicted molar refractivity (Wildman–Crippen MR) is 71.2 cm³/mol. The van der Waals surface area contributed by atoms with Crippen LogP contribution in [0.25, 0.3) is 0 Å². The minimum absolute atomic E-state index is 0.787. The van der Waals surface area contributed by atoms with Crippen molar-refractivity contribution >= 4 is 0 Å². The van der Waals surface area contributed by atoms with Crippen molar-refractivity contribution in [3.8, 4) is 0 Å². The van der Waals surface area contributed by atoms with Gasteiger partial charge in [0.05, 0.1) is 0 Å². The van der Waals surface area contributed by atoms with Crippen LogP contribution in [0.2, 0.25) is 0 Å². The molecule has 98 valence electrons. The largest absolute Gasteiger partial charge is 0.311 e. The number of likely N-dealkylation sites (N-methyl/N-ethyl adjacent to an activating group) is 1. The van der Waals surface area contributed by atoms with E-state index >= 15 is 0 Å². The van der Waals surface area contributed by atoms with Crippen LogP contribution >= 0.6 is 0 Å². The maximum atomic E-state index is 3.76. The summed E-state index contributed by atoms with van der Waals surface area (Å²) in [6.07, 6.45) is 5.59. The van der Waals surface area contributed by atoms with Crippen molar-refractivity contribution in [2.75, 3.05) is 33.2 Å². The smallest absolute Gasteiger partial charge is 0.0218 e. The van der Waals surface area contributed by atoms with E-state index in [2.05, 4.69) is 29.1 Å². The van der Waals surface area contributed by atoms with Crippen LogP contribution in [0.5, 0.6) is 0 Å². The van der Waals surface area contributed by atoms with Crippen LogP contribution in [0.3, 0.4) is 0 Å². The normalized spacial score (nSPS) is 43.4. The fourth-order valence-corrected chi connectivity index (χ4v) is 4.09. The van der Waals surface area contributed by atoms with Gasteiger partial charge in [-0.25, -0.2) is 0 Å². The SMILES string of the molecule is CCC1CN(CC2CC3CCC2N3)CCN1C. The second kappa shape index (κ2) is 4.87. The Balaban J connectivity index is 1.52. The molecule has 3 aliphatic heterocycles. The van der Waals surface area contributed by atoms with Gasteiger partial charge in [0.2, 0.25) is 0 Å². The lowest BCUT2D eigenvalue weighted by Crippen LogP contribution is -2.52. The summed E-state index contributed by atoms with van der Waals surface area (Å²) in [5, 5.41) is 3.76. The molecule has 3 saturated heterocycles. The molecule has 2 bridgehead atoms. The zero-order valence-electron chi connectivity index (χ0n) is 11.4. The number of nitrogens with zero attached hydrogens (tertiary/aromatic N) is 2. The fraction of sp³-hybridized carbons (Fsp3) is 1.00. The highest BCUT2D eigenvalue weighted by atomic mass is 15.3. The van der Waals surface area contributed by atoms with E-state index in [0.717, 1.165) is 24.0 Å². The Morgan fingerprint density at radius 3 is 2.76 bits per heavy atom. The molecule has 0 aromatic rings. The minimum Gasteiger partial charge on any atom is -0.311 e. The van der Waals surface area contributed by atoms with Crippen molar-refractivity contribution in [1.82, 2.24) is 15.1 Å². The molecule has 3 aliphatic rings. The Morgan fingerprint density at radius 2 is 2.12 bits per heavy atom. The highest BCUT2D eigenvalue weighted by Crippen LogP contribution is 2.33. The third kappa shape index (κ3) is 2.38. The number of nitrogens with one attached hydrogen (secondary N) is 1. The first-order valence-electron chi connectivity index (χ1n) is 7.45. The molecule has 4 atom stereocenters. The molecule has 0 radical (unpaired) electrons. The quantitative estimate of drug-likeness (QED) is 0.794. The molecule has 0 aromatic carbocycles. The summed E-state index contributed by atoms with van der Waals surface area (Å²) in [5.74, 6) is 0.940. The van der Waals surface area contributed by atoms with Gasteiger partial charge in [0, 0.05) is 44.3 Å². The van der Waals surface area contributed by atoms with E-state index in [1.807, 2.05) is 0 Å². The number of piperazine rings is 1. The van der Waals surface area contributed by atoms with Crippen LogP contribution in [-0.4, -0.2) is 61.2 Å². The van der Waals surface area contributed by atoms with Crippen LogP contribution < -0.4 is 5.32 Å². The van der Waals surface area contributed by atoms with E-state index in [9.17, 15) is 0 Å². The van der Waals surface area contributed by atoms with Gasteiger partial charge in [-0.15, -0.1) is 0 Å². The van der Waals surface area contributed by atoms with E-state index in [4.69, 9.17) is 0 Å². The Labute approximate surface area is 106 Å². The second-order valence-corrected chi connectivity index (χ2v) is 6.35. The standard InChI is InChI=1S/C14H27N3/c1-3-13-10-17(7-6-16(13)2)9-11-8-12-4-5-14(11)15-12/h11-15H,3-10H2,1-2H3. The molecule has 3 heteroatoms. The third-order valence-corrected chi connectivity index (χ3v) is 5.26. The van der Waals surface area contributed by atoms with Gasteiger partial charge in [-0.2, -0.15) is 0 Å². The van der Waals surface area contributed by atoms with Crippen molar-refractivity contribution in [1.29, 1.82) is 0 Å². The van der Waals surface area contributed by atoms with Crippen molar-refractivity contribution in [2.24, 2.45) is 5.92 Å². The van der Waals surface area contributed by atoms with Crippen molar-refractivity contribution in [2.45, 2.75) is 50.7 Å². The fourth-order valence-electron chi connectivity index (χ4n) is 4.09. The van der Waals surface area contributed by atoms with Crippen LogP contribution in [0.4, 0.5) is 0 Å². The average molecular weight is 237 g/mol. The molecule has 3 rings (SSSR count). The zero-order valence-corrected chi connectivity index (χ0v) is 11.4. The molecule has 0 saturated carbocycles. The first kappa shape index (κ1) is 11.9. The van der Waals surface area contributed by atoms with E-state index in [1.165, 1.54) is 51.9 Å². The Kier molecular flexibility index (Phi) is 3.42. The summed E-state index contributed by atoms with van der Waals surface area (Å²) in [6.45, 7) is 7.50. The molecule has 4 unspecified atom stereocenters. The van der Waals surface area contributed by atoms with Crippen molar-refractivity contribution in [3.63, 3.8) is 0 Å². The molecular formula is C14H27N3. The Morgan fingerprint density at radius 1 is 1.24 bits per heavy atom. The lowest BCUT2D eigenvalue weighted by molar-refractivity contribution is 0.0781. The third-order valence-electron chi connectivity index (χ3n) is 5.26. The lowest BCUT2D eigenvalue weighted by Gasteiger charge is -2.40. The van der Waals surface area contributed by atoms with Gasteiger partial charge < -0.3 is 15.1 Å². The van der Waals surface area contributed by atoms with Crippen LogP contribution in [0.15, 0.2) is 0 Å². The van der Waals surface area contributed by atoms with Gasteiger partial charge in [0.1, 0.15) is 0 Å². The molecule has 0 spiro atoms. The molecule has 1 N–H and O–H groups in total. The van der Waals surface area contributed by atoms with Gasteiger partial charge in [-0.05, 0) is 38.6 Å². The average Bonchev–Trinajstić information content (AvgIpc) is 2.93. The van der Waals surface area contributed by atoms with Gasteiger partial charge in [-0.1, -0.05) is 6.92 Å². The number of hydrogen-bond donors (Lipinski definition) is 1. The van der Waals surface area contributed by atoms with Crippen molar-refractivity contribution in [3.05, 3.63) is 0 Å². The van der Waals surface area contributed by atoms with Crippen LogP contribution in [-0.2, 0) is 0 Å². The summed E-state index contributed by atoms with van der Waals surface area (Å²) >= 11 is 0. The maximum absolute atomic E-state index is 3.76. The molecule has 0 amide bonds. The van der Waals surface area contributed by atoms with E-state index < -0.39 is 0 Å². The Hall–Kier alpha value is -0.120. The second-order valence-electron chi connectivity index (χ2n) is 6.35. The molecule has 3 heterocycles. The maximum Gasteiger partial charge on any atom is 0.0218 e.